The quantitative estimate of drug-likeness (QED) is 0.875. The van der Waals surface area contributed by atoms with Gasteiger partial charge in [0.2, 0.25) is 0 Å². The first kappa shape index (κ1) is 17.2. The lowest BCUT2D eigenvalue weighted by Crippen LogP contribution is -2.55. The van der Waals surface area contributed by atoms with E-state index in [9.17, 15) is 4.79 Å². The molecule has 1 aromatic heterocycles. The summed E-state index contributed by atoms with van der Waals surface area (Å²) >= 11 is 1.61. The third-order valence-electron chi connectivity index (χ3n) is 4.26. The Morgan fingerprint density at radius 3 is 2.91 bits per heavy atom. The lowest BCUT2D eigenvalue weighted by Gasteiger charge is -2.43. The number of nitrogens with zero attached hydrogens (tertiary/aromatic N) is 2. The van der Waals surface area contributed by atoms with Crippen LogP contribution in [0.1, 0.15) is 43.5 Å². The Morgan fingerprint density at radius 2 is 2.27 bits per heavy atom. The zero-order valence-corrected chi connectivity index (χ0v) is 14.9. The number of aromatic nitrogens is 1. The number of amides is 2. The number of likely N-dealkylation sites (tertiary alicyclic amines) is 1. The van der Waals surface area contributed by atoms with Crippen LogP contribution in [0.15, 0.2) is 6.20 Å². The van der Waals surface area contributed by atoms with Crippen molar-refractivity contribution in [3.63, 3.8) is 0 Å². The highest BCUT2D eigenvalue weighted by molar-refractivity contribution is 7.11. The summed E-state index contributed by atoms with van der Waals surface area (Å²) in [6.45, 7) is 12.1. The molecule has 124 valence electrons. The highest BCUT2D eigenvalue weighted by atomic mass is 32.1. The van der Waals surface area contributed by atoms with Crippen molar-refractivity contribution in [1.29, 1.82) is 0 Å². The third kappa shape index (κ3) is 4.95. The number of urea groups is 1. The highest BCUT2D eigenvalue weighted by Gasteiger charge is 2.30. The number of thiazole rings is 1. The van der Waals surface area contributed by atoms with Gasteiger partial charge in [-0.15, -0.1) is 11.3 Å². The van der Waals surface area contributed by atoms with Crippen molar-refractivity contribution in [2.24, 2.45) is 5.92 Å². The molecule has 1 aromatic rings. The summed E-state index contributed by atoms with van der Waals surface area (Å²) in [5.74, 6) is 0.745. The van der Waals surface area contributed by atoms with Crippen molar-refractivity contribution >= 4 is 17.4 Å². The molecule has 0 aromatic carbocycles. The summed E-state index contributed by atoms with van der Waals surface area (Å²) in [7, 11) is 0. The van der Waals surface area contributed by atoms with Gasteiger partial charge >= 0.3 is 6.03 Å². The van der Waals surface area contributed by atoms with Gasteiger partial charge in [0.05, 0.1) is 6.54 Å². The molecule has 1 atom stereocenters. The fraction of sp³-hybridized carbons (Fsp3) is 0.750. The van der Waals surface area contributed by atoms with Crippen LogP contribution >= 0.6 is 11.3 Å². The first-order valence-corrected chi connectivity index (χ1v) is 8.86. The van der Waals surface area contributed by atoms with E-state index in [4.69, 9.17) is 0 Å². The van der Waals surface area contributed by atoms with Crippen LogP contribution in [0.4, 0.5) is 4.79 Å². The van der Waals surface area contributed by atoms with Gasteiger partial charge in [-0.2, -0.15) is 0 Å². The van der Waals surface area contributed by atoms with Gasteiger partial charge in [-0.1, -0.05) is 6.92 Å². The molecule has 0 spiro atoms. The molecular formula is C16H28N4OS. The molecule has 0 unspecified atom stereocenters. The average molecular weight is 324 g/mol. The van der Waals surface area contributed by atoms with Gasteiger partial charge in [-0.05, 0) is 46.1 Å². The minimum Gasteiger partial charge on any atom is -0.336 e. The number of carbonyl (C=O) groups is 1. The zero-order valence-electron chi connectivity index (χ0n) is 14.1. The summed E-state index contributed by atoms with van der Waals surface area (Å²) in [6, 6.07) is -0.119. The molecule has 0 radical (unpaired) electrons. The molecule has 1 fully saturated rings. The molecule has 2 N–H and O–H groups in total. The van der Waals surface area contributed by atoms with Crippen LogP contribution in [0.3, 0.4) is 0 Å². The van der Waals surface area contributed by atoms with E-state index >= 15 is 0 Å². The van der Waals surface area contributed by atoms with Crippen molar-refractivity contribution in [3.05, 3.63) is 16.1 Å². The first-order valence-electron chi connectivity index (χ1n) is 8.05. The number of aryl methyl sites for hydroxylation is 1. The van der Waals surface area contributed by atoms with Gasteiger partial charge in [-0.25, -0.2) is 9.78 Å². The number of carbonyl (C=O) groups excluding carboxylic acids is 1. The van der Waals surface area contributed by atoms with E-state index in [1.165, 1.54) is 12.8 Å². The third-order valence-corrected chi connectivity index (χ3v) is 5.18. The summed E-state index contributed by atoms with van der Waals surface area (Å²) in [5, 5.41) is 6.81. The first-order chi connectivity index (χ1) is 10.4. The lowest BCUT2D eigenvalue weighted by molar-refractivity contribution is 0.0724. The van der Waals surface area contributed by atoms with E-state index < -0.39 is 0 Å². The highest BCUT2D eigenvalue weighted by Crippen LogP contribution is 2.23. The molecule has 0 saturated carbocycles. The Labute approximate surface area is 137 Å². The molecule has 2 heterocycles. The molecule has 1 aliphatic rings. The van der Waals surface area contributed by atoms with Gasteiger partial charge < -0.3 is 10.6 Å². The molecular weight excluding hydrogens is 296 g/mol. The fourth-order valence-electron chi connectivity index (χ4n) is 2.85. The van der Waals surface area contributed by atoms with E-state index in [1.807, 2.05) is 13.1 Å². The standard InChI is InChI=1S/C16H28N4OS/c1-12-6-5-7-20(10-12)16(3,4)11-19-15(21)18-9-14-17-8-13(2)22-14/h8,12H,5-7,9-11H2,1-4H3,(H2,18,19,21)/t12-/m0/s1. The molecule has 2 amide bonds. The summed E-state index contributed by atoms with van der Waals surface area (Å²) in [6.07, 6.45) is 4.40. The second-order valence-electron chi connectivity index (χ2n) is 6.91. The van der Waals surface area contributed by atoms with Crippen LogP contribution in [0.5, 0.6) is 0 Å². The van der Waals surface area contributed by atoms with E-state index in [0.29, 0.717) is 13.1 Å². The summed E-state index contributed by atoms with van der Waals surface area (Å²) < 4.78 is 0. The van der Waals surface area contributed by atoms with Crippen molar-refractivity contribution in [2.75, 3.05) is 19.6 Å². The molecule has 22 heavy (non-hydrogen) atoms. The molecule has 1 saturated heterocycles. The molecule has 6 heteroatoms. The van der Waals surface area contributed by atoms with Gasteiger partial charge in [-0.3, -0.25) is 4.90 Å². The monoisotopic (exact) mass is 324 g/mol. The zero-order chi connectivity index (χ0) is 16.2. The topological polar surface area (TPSA) is 57.3 Å². The Balaban J connectivity index is 1.74. The maximum absolute atomic E-state index is 12.0. The number of piperidine rings is 1. The van der Waals surface area contributed by atoms with E-state index in [2.05, 4.69) is 41.3 Å². The largest absolute Gasteiger partial charge is 0.336 e. The van der Waals surface area contributed by atoms with Crippen LogP contribution in [0, 0.1) is 12.8 Å². The number of nitrogens with one attached hydrogen (secondary N) is 2. The number of hydrogen-bond donors (Lipinski definition) is 2. The molecule has 2 rings (SSSR count). The van der Waals surface area contributed by atoms with Crippen molar-refractivity contribution in [3.8, 4) is 0 Å². The summed E-state index contributed by atoms with van der Waals surface area (Å²) in [5.41, 5.74) is -0.0101. The van der Waals surface area contributed by atoms with E-state index in [1.54, 1.807) is 11.3 Å². The van der Waals surface area contributed by atoms with Crippen LogP contribution < -0.4 is 10.6 Å². The van der Waals surface area contributed by atoms with Crippen molar-refractivity contribution in [1.82, 2.24) is 20.5 Å². The van der Waals surface area contributed by atoms with Crippen LogP contribution in [-0.2, 0) is 6.54 Å². The molecule has 0 aliphatic carbocycles. The van der Waals surface area contributed by atoms with Gasteiger partial charge in [0.1, 0.15) is 5.01 Å². The minimum atomic E-state index is -0.119. The predicted molar refractivity (Wildman–Crippen MR) is 91.1 cm³/mol. The maximum atomic E-state index is 12.0. The van der Waals surface area contributed by atoms with Gasteiger partial charge in [0, 0.05) is 29.7 Å². The Hall–Kier alpha value is -1.14. The SMILES string of the molecule is Cc1cnc(CNC(=O)NCC(C)(C)N2CCC[C@H](C)C2)s1. The second-order valence-corrected chi connectivity index (χ2v) is 8.23. The molecule has 1 aliphatic heterocycles. The van der Waals surface area contributed by atoms with Gasteiger partial charge in [0.25, 0.3) is 0 Å². The Morgan fingerprint density at radius 1 is 1.50 bits per heavy atom. The van der Waals surface area contributed by atoms with Crippen LogP contribution in [0.25, 0.3) is 0 Å². The number of rotatable bonds is 5. The normalized spacial score (nSPS) is 19.9. The minimum absolute atomic E-state index is 0.0101. The van der Waals surface area contributed by atoms with Crippen molar-refractivity contribution < 1.29 is 4.79 Å². The molecule has 5 nitrogen and oxygen atoms in total. The second kappa shape index (κ2) is 7.42. The smallest absolute Gasteiger partial charge is 0.315 e. The predicted octanol–water partition coefficient (Wildman–Crippen LogP) is 2.76. The van der Waals surface area contributed by atoms with E-state index in [-0.39, 0.29) is 11.6 Å². The fourth-order valence-corrected chi connectivity index (χ4v) is 3.58. The van der Waals surface area contributed by atoms with E-state index in [0.717, 1.165) is 28.9 Å². The van der Waals surface area contributed by atoms with Crippen molar-refractivity contribution in [2.45, 2.75) is 52.6 Å². The van der Waals surface area contributed by atoms with Gasteiger partial charge in [0.15, 0.2) is 0 Å². The Kier molecular flexibility index (Phi) is 5.81. The number of hydrogen-bond acceptors (Lipinski definition) is 4. The van der Waals surface area contributed by atoms with Crippen LogP contribution in [0.2, 0.25) is 0 Å². The maximum Gasteiger partial charge on any atom is 0.315 e. The Bertz CT molecular complexity index is 500. The summed E-state index contributed by atoms with van der Waals surface area (Å²) in [4.78, 5) is 19.9. The molecule has 0 bridgehead atoms. The lowest BCUT2D eigenvalue weighted by atomic mass is 9.93. The van der Waals surface area contributed by atoms with Crippen LogP contribution in [-0.4, -0.2) is 41.1 Å². The average Bonchev–Trinajstić information content (AvgIpc) is 2.89.